The van der Waals surface area contributed by atoms with Crippen molar-refractivity contribution >= 4 is 41.3 Å². The Balaban J connectivity index is 1.52. The molecule has 37 heavy (non-hydrogen) atoms. The fourth-order valence-electron chi connectivity index (χ4n) is 3.71. The van der Waals surface area contributed by atoms with Crippen LogP contribution in [0.1, 0.15) is 53.7 Å². The van der Waals surface area contributed by atoms with Crippen LogP contribution in [-0.2, 0) is 11.3 Å². The lowest BCUT2D eigenvalue weighted by molar-refractivity contribution is 0.0502. The van der Waals surface area contributed by atoms with Crippen molar-refractivity contribution in [2.75, 3.05) is 18.4 Å². The Hall–Kier alpha value is -3.50. The molecule has 0 aliphatic carbocycles. The van der Waals surface area contributed by atoms with Crippen molar-refractivity contribution < 1.29 is 18.7 Å². The Bertz CT molecular complexity index is 1180. The highest BCUT2D eigenvalue weighted by Gasteiger charge is 2.30. The summed E-state index contributed by atoms with van der Waals surface area (Å²) >= 11 is 1.39. The molecule has 0 radical (unpaired) electrons. The lowest BCUT2D eigenvalue weighted by Crippen LogP contribution is -2.41. The molecule has 1 fully saturated rings. The highest BCUT2D eigenvalue weighted by molar-refractivity contribution is 7.15. The number of ether oxygens (including phenoxy) is 1. The molecule has 0 bridgehead atoms. The zero-order valence-corrected chi connectivity index (χ0v) is 22.2. The molecular weight excluding hydrogens is 493 g/mol. The van der Waals surface area contributed by atoms with Crippen LogP contribution in [0, 0.1) is 5.82 Å². The topological polar surface area (TPSA) is 109 Å². The molecule has 10 heteroatoms. The number of nitrogens with one attached hydrogen (secondary N) is 2. The zero-order valence-electron chi connectivity index (χ0n) is 21.4. The normalized spacial score (nSPS) is 15.9. The summed E-state index contributed by atoms with van der Waals surface area (Å²) in [6, 6.07) is 7.76. The van der Waals surface area contributed by atoms with Gasteiger partial charge in [0.2, 0.25) is 0 Å². The number of thiophene rings is 1. The van der Waals surface area contributed by atoms with Gasteiger partial charge in [-0.1, -0.05) is 18.7 Å². The lowest BCUT2D eigenvalue weighted by atomic mass is 10.2. The summed E-state index contributed by atoms with van der Waals surface area (Å²) in [5.41, 5.74) is 6.81. The van der Waals surface area contributed by atoms with Crippen molar-refractivity contribution in [3.05, 3.63) is 69.9 Å². The molecule has 3 rings (SSSR count). The first kappa shape index (κ1) is 28.1. The van der Waals surface area contributed by atoms with Crippen LogP contribution in [0.4, 0.5) is 14.9 Å². The minimum Gasteiger partial charge on any atom is -0.444 e. The molecule has 1 aromatic heterocycles. The number of halogens is 1. The van der Waals surface area contributed by atoms with Crippen molar-refractivity contribution in [3.63, 3.8) is 0 Å². The number of carbonyl (C=O) groups excluding carboxylic acids is 2. The van der Waals surface area contributed by atoms with Gasteiger partial charge in [0.05, 0.1) is 10.9 Å². The summed E-state index contributed by atoms with van der Waals surface area (Å²) in [7, 11) is 0. The quantitative estimate of drug-likeness (QED) is 0.391. The number of likely N-dealkylation sites (tertiary alicyclic amines) is 1. The largest absolute Gasteiger partial charge is 0.444 e. The number of allylic oxidation sites excluding steroid dienone is 1. The molecule has 1 saturated heterocycles. The van der Waals surface area contributed by atoms with E-state index < -0.39 is 11.7 Å². The van der Waals surface area contributed by atoms with E-state index in [-0.39, 0.29) is 17.8 Å². The first-order valence-electron chi connectivity index (χ1n) is 12.1. The Labute approximate surface area is 221 Å². The van der Waals surface area contributed by atoms with Gasteiger partial charge in [-0.05, 0) is 63.1 Å². The second-order valence-corrected chi connectivity index (χ2v) is 10.7. The van der Waals surface area contributed by atoms with Crippen LogP contribution in [-0.4, -0.2) is 47.8 Å². The maximum Gasteiger partial charge on any atom is 0.407 e. The second-order valence-electron chi connectivity index (χ2n) is 9.62. The molecule has 2 amide bonds. The highest BCUT2D eigenvalue weighted by Crippen LogP contribution is 2.26. The van der Waals surface area contributed by atoms with Crippen molar-refractivity contribution in [1.82, 2.24) is 10.2 Å². The van der Waals surface area contributed by atoms with Gasteiger partial charge in [-0.3, -0.25) is 4.79 Å². The van der Waals surface area contributed by atoms with Crippen molar-refractivity contribution in [2.24, 2.45) is 10.7 Å². The average molecular weight is 528 g/mol. The zero-order chi connectivity index (χ0) is 27.0. The molecule has 198 valence electrons. The fourth-order valence-corrected chi connectivity index (χ4v) is 4.80. The third-order valence-electron chi connectivity index (χ3n) is 5.34. The SMILES string of the molecule is C=C(N=CC/C=C\c1sc(C(=O)N2CCC(NC(=O)OC(C)(C)C)C2)cc1CN)Nc1cccc(F)c1. The molecule has 8 nitrogen and oxygen atoms in total. The molecular formula is C27H34FN5O3S. The van der Waals surface area contributed by atoms with E-state index >= 15 is 0 Å². The maximum absolute atomic E-state index is 13.3. The van der Waals surface area contributed by atoms with Crippen LogP contribution in [0.25, 0.3) is 6.08 Å². The van der Waals surface area contributed by atoms with Gasteiger partial charge < -0.3 is 26.0 Å². The molecule has 1 aliphatic rings. The first-order valence-corrected chi connectivity index (χ1v) is 12.9. The maximum atomic E-state index is 13.3. The molecule has 1 aliphatic heterocycles. The third kappa shape index (κ3) is 8.83. The van der Waals surface area contributed by atoms with E-state index in [9.17, 15) is 14.0 Å². The molecule has 4 N–H and O–H groups in total. The molecule has 2 aromatic rings. The van der Waals surface area contributed by atoms with E-state index in [4.69, 9.17) is 10.5 Å². The van der Waals surface area contributed by atoms with Crippen LogP contribution >= 0.6 is 11.3 Å². The van der Waals surface area contributed by atoms with Gasteiger partial charge in [-0.15, -0.1) is 11.3 Å². The lowest BCUT2D eigenvalue weighted by Gasteiger charge is -2.22. The average Bonchev–Trinajstić information content (AvgIpc) is 3.44. The fraction of sp³-hybridized carbons (Fsp3) is 0.370. The summed E-state index contributed by atoms with van der Waals surface area (Å²) in [6.07, 6.45) is 6.28. The van der Waals surface area contributed by atoms with Crippen LogP contribution < -0.4 is 16.4 Å². The van der Waals surface area contributed by atoms with Gasteiger partial charge in [0.15, 0.2) is 0 Å². The molecule has 1 aromatic carbocycles. The number of alkyl carbamates (subject to hydrolysis) is 1. The summed E-state index contributed by atoms with van der Waals surface area (Å²) in [4.78, 5) is 32.6. The number of carbonyl (C=O) groups is 2. The second kappa shape index (κ2) is 12.6. The number of hydrogen-bond donors (Lipinski definition) is 3. The predicted octanol–water partition coefficient (Wildman–Crippen LogP) is 5.14. The summed E-state index contributed by atoms with van der Waals surface area (Å²) < 4.78 is 18.6. The Kier molecular flexibility index (Phi) is 9.60. The summed E-state index contributed by atoms with van der Waals surface area (Å²) in [6.45, 7) is 10.6. The number of aliphatic imine (C=N–C) groups is 1. The molecule has 2 heterocycles. The van der Waals surface area contributed by atoms with E-state index in [0.29, 0.717) is 48.9 Å². The minimum atomic E-state index is -0.572. The number of anilines is 1. The monoisotopic (exact) mass is 527 g/mol. The van der Waals surface area contributed by atoms with Crippen LogP contribution in [0.3, 0.4) is 0 Å². The van der Waals surface area contributed by atoms with Gasteiger partial charge in [0.25, 0.3) is 5.91 Å². The number of benzene rings is 1. The molecule has 1 unspecified atom stereocenters. The molecule has 1 atom stereocenters. The van der Waals surface area contributed by atoms with E-state index in [1.165, 1.54) is 23.5 Å². The molecule has 0 saturated carbocycles. The molecule has 0 spiro atoms. The Morgan fingerprint density at radius 1 is 1.35 bits per heavy atom. The van der Waals surface area contributed by atoms with E-state index in [0.717, 1.165) is 10.4 Å². The number of nitrogens with two attached hydrogens (primary N) is 1. The number of nitrogens with zero attached hydrogens (tertiary/aromatic N) is 2. The van der Waals surface area contributed by atoms with E-state index in [2.05, 4.69) is 22.2 Å². The van der Waals surface area contributed by atoms with Crippen molar-refractivity contribution in [3.8, 4) is 0 Å². The van der Waals surface area contributed by atoms with E-state index in [1.54, 1.807) is 23.2 Å². The number of amides is 2. The van der Waals surface area contributed by atoms with Gasteiger partial charge in [0, 0.05) is 42.8 Å². The standard InChI is InChI=1S/C27H34FN5O3S/c1-18(31-21-9-7-8-20(28)15-21)30-12-6-5-10-23-19(16-29)14-24(37-23)25(34)33-13-11-22(17-33)32-26(35)36-27(2,3)4/h5,7-10,12,14-15,22,31H,1,6,11,13,16-17,29H2,2-4H3,(H,32,35)/b10-5-,30-12?. The third-order valence-corrected chi connectivity index (χ3v) is 6.47. The Morgan fingerprint density at radius 2 is 2.14 bits per heavy atom. The van der Waals surface area contributed by atoms with Crippen molar-refractivity contribution in [2.45, 2.75) is 51.8 Å². The number of rotatable bonds is 9. The van der Waals surface area contributed by atoms with Gasteiger partial charge >= 0.3 is 6.09 Å². The predicted molar refractivity (Wildman–Crippen MR) is 147 cm³/mol. The van der Waals surface area contributed by atoms with E-state index in [1.807, 2.05) is 39.0 Å². The Morgan fingerprint density at radius 3 is 2.84 bits per heavy atom. The van der Waals surface area contributed by atoms with Gasteiger partial charge in [-0.25, -0.2) is 14.2 Å². The number of hydrogen-bond acceptors (Lipinski definition) is 7. The van der Waals surface area contributed by atoms with Crippen LogP contribution in [0.5, 0.6) is 0 Å². The smallest absolute Gasteiger partial charge is 0.407 e. The first-order chi connectivity index (χ1) is 17.5. The summed E-state index contributed by atoms with van der Waals surface area (Å²) in [5.74, 6) is -0.0129. The summed E-state index contributed by atoms with van der Waals surface area (Å²) in [5, 5.41) is 5.77. The van der Waals surface area contributed by atoms with Crippen molar-refractivity contribution in [1.29, 1.82) is 0 Å². The minimum absolute atomic E-state index is 0.0749. The highest BCUT2D eigenvalue weighted by atomic mass is 32.1. The van der Waals surface area contributed by atoms with Crippen LogP contribution in [0.2, 0.25) is 0 Å². The van der Waals surface area contributed by atoms with Gasteiger partial charge in [0.1, 0.15) is 17.2 Å². The van der Waals surface area contributed by atoms with Gasteiger partial charge in [-0.2, -0.15) is 0 Å². The van der Waals surface area contributed by atoms with Crippen LogP contribution in [0.15, 0.2) is 53.8 Å².